The van der Waals surface area contributed by atoms with Crippen molar-refractivity contribution >= 4 is 5.91 Å². The molecule has 2 aliphatic heterocycles. The highest BCUT2D eigenvalue weighted by atomic mass is 16.5. The topological polar surface area (TPSA) is 42.0 Å². The van der Waals surface area contributed by atoms with Gasteiger partial charge in [0.15, 0.2) is 0 Å². The molecule has 1 amide bonds. The number of amides is 1. The van der Waals surface area contributed by atoms with Gasteiger partial charge >= 0.3 is 0 Å². The Balaban J connectivity index is 1.55. The van der Waals surface area contributed by atoms with E-state index in [4.69, 9.17) is 9.47 Å². The van der Waals surface area contributed by atoms with Crippen LogP contribution in [-0.2, 0) is 14.3 Å². The zero-order chi connectivity index (χ0) is 14.5. The molecule has 120 valence electrons. The summed E-state index contributed by atoms with van der Waals surface area (Å²) in [6, 6.07) is 0.396. The van der Waals surface area contributed by atoms with E-state index in [1.54, 1.807) is 0 Å². The van der Waals surface area contributed by atoms with E-state index >= 15 is 0 Å². The van der Waals surface area contributed by atoms with Crippen LogP contribution < -0.4 is 0 Å². The summed E-state index contributed by atoms with van der Waals surface area (Å²) in [6.07, 6.45) is 5.41. The monoisotopic (exact) mass is 296 g/mol. The molecule has 1 saturated carbocycles. The first-order chi connectivity index (χ1) is 10.3. The van der Waals surface area contributed by atoms with Crippen LogP contribution in [0, 0.1) is 5.92 Å². The Morgan fingerprint density at radius 3 is 2.29 bits per heavy atom. The number of nitrogens with zero attached hydrogens (tertiary/aromatic N) is 2. The fourth-order valence-corrected chi connectivity index (χ4v) is 3.43. The molecule has 0 N–H and O–H groups in total. The first-order valence-electron chi connectivity index (χ1n) is 8.53. The lowest BCUT2D eigenvalue weighted by Gasteiger charge is -2.40. The van der Waals surface area contributed by atoms with Gasteiger partial charge in [-0.1, -0.05) is 6.42 Å². The molecule has 2 saturated heterocycles. The molecule has 3 aliphatic rings. The van der Waals surface area contributed by atoms with Gasteiger partial charge in [0.05, 0.1) is 13.2 Å². The molecule has 0 spiro atoms. The van der Waals surface area contributed by atoms with Gasteiger partial charge in [-0.2, -0.15) is 0 Å². The van der Waals surface area contributed by atoms with Gasteiger partial charge in [-0.3, -0.25) is 9.69 Å². The Hall–Kier alpha value is -0.650. The van der Waals surface area contributed by atoms with E-state index in [9.17, 15) is 4.79 Å². The van der Waals surface area contributed by atoms with Crippen LogP contribution in [0.2, 0.25) is 0 Å². The van der Waals surface area contributed by atoms with Crippen LogP contribution in [-0.4, -0.2) is 74.4 Å². The second kappa shape index (κ2) is 7.56. The minimum Gasteiger partial charge on any atom is -0.381 e. The number of rotatable bonds is 5. The Bertz CT molecular complexity index is 334. The first kappa shape index (κ1) is 15.3. The Morgan fingerprint density at radius 1 is 1.00 bits per heavy atom. The van der Waals surface area contributed by atoms with Crippen molar-refractivity contribution in [2.75, 3.05) is 52.6 Å². The van der Waals surface area contributed by atoms with Crippen molar-refractivity contribution in [2.24, 2.45) is 5.92 Å². The number of carbonyl (C=O) groups excluding carboxylic acids is 1. The standard InChI is InChI=1S/C16H28N2O3/c19-16(14-2-1-3-14)18(15-4-10-20-11-5-15)7-6-17-8-12-21-13-9-17/h14-15H,1-13H2. The summed E-state index contributed by atoms with van der Waals surface area (Å²) in [5.41, 5.74) is 0. The lowest BCUT2D eigenvalue weighted by molar-refractivity contribution is -0.143. The quantitative estimate of drug-likeness (QED) is 0.762. The molecular weight excluding hydrogens is 268 g/mol. The lowest BCUT2D eigenvalue weighted by atomic mass is 9.83. The van der Waals surface area contributed by atoms with Crippen LogP contribution in [0.4, 0.5) is 0 Å². The average molecular weight is 296 g/mol. The van der Waals surface area contributed by atoms with Gasteiger partial charge in [-0.15, -0.1) is 0 Å². The Morgan fingerprint density at radius 2 is 1.67 bits per heavy atom. The molecule has 5 heteroatoms. The minimum absolute atomic E-state index is 0.303. The maximum Gasteiger partial charge on any atom is 0.225 e. The van der Waals surface area contributed by atoms with E-state index in [1.165, 1.54) is 6.42 Å². The molecule has 0 atom stereocenters. The molecule has 0 aromatic rings. The zero-order valence-electron chi connectivity index (χ0n) is 13.0. The van der Waals surface area contributed by atoms with Crippen LogP contribution in [0.15, 0.2) is 0 Å². The van der Waals surface area contributed by atoms with Crippen molar-refractivity contribution in [3.05, 3.63) is 0 Å². The van der Waals surface area contributed by atoms with Crippen LogP contribution in [0.3, 0.4) is 0 Å². The van der Waals surface area contributed by atoms with Crippen molar-refractivity contribution in [3.8, 4) is 0 Å². The largest absolute Gasteiger partial charge is 0.381 e. The summed E-state index contributed by atoms with van der Waals surface area (Å²) < 4.78 is 10.9. The second-order valence-corrected chi connectivity index (χ2v) is 6.46. The molecule has 0 aromatic heterocycles. The normalized spacial score (nSPS) is 25.5. The number of morpholine rings is 1. The van der Waals surface area contributed by atoms with Gasteiger partial charge in [-0.25, -0.2) is 0 Å². The Labute approximate surface area is 127 Å². The SMILES string of the molecule is O=C(C1CCC1)N(CCN1CCOCC1)C1CCOCC1. The van der Waals surface area contributed by atoms with E-state index < -0.39 is 0 Å². The predicted octanol–water partition coefficient (Wildman–Crippen LogP) is 1.13. The third-order valence-electron chi connectivity index (χ3n) is 5.13. The van der Waals surface area contributed by atoms with Crippen LogP contribution in [0.5, 0.6) is 0 Å². The molecule has 3 fully saturated rings. The summed E-state index contributed by atoms with van der Waals surface area (Å²) in [7, 11) is 0. The van der Waals surface area contributed by atoms with E-state index in [0.29, 0.717) is 17.9 Å². The summed E-state index contributed by atoms with van der Waals surface area (Å²) in [5, 5.41) is 0. The summed E-state index contributed by atoms with van der Waals surface area (Å²) >= 11 is 0. The third kappa shape index (κ3) is 3.96. The van der Waals surface area contributed by atoms with E-state index in [2.05, 4.69) is 9.80 Å². The van der Waals surface area contributed by atoms with Gasteiger partial charge in [0.1, 0.15) is 0 Å². The second-order valence-electron chi connectivity index (χ2n) is 6.46. The van der Waals surface area contributed by atoms with Gasteiger partial charge < -0.3 is 14.4 Å². The molecule has 3 rings (SSSR count). The molecule has 0 aromatic carbocycles. The highest BCUT2D eigenvalue weighted by Crippen LogP contribution is 2.30. The smallest absolute Gasteiger partial charge is 0.225 e. The van der Waals surface area contributed by atoms with Gasteiger partial charge in [0, 0.05) is 51.4 Å². The van der Waals surface area contributed by atoms with Crippen LogP contribution >= 0.6 is 0 Å². The third-order valence-corrected chi connectivity index (χ3v) is 5.13. The van der Waals surface area contributed by atoms with E-state index in [-0.39, 0.29) is 0 Å². The van der Waals surface area contributed by atoms with Crippen molar-refractivity contribution < 1.29 is 14.3 Å². The van der Waals surface area contributed by atoms with Crippen molar-refractivity contribution in [1.82, 2.24) is 9.80 Å². The van der Waals surface area contributed by atoms with Crippen LogP contribution in [0.25, 0.3) is 0 Å². The lowest BCUT2D eigenvalue weighted by Crippen LogP contribution is -2.51. The van der Waals surface area contributed by atoms with Gasteiger partial charge in [0.25, 0.3) is 0 Å². The van der Waals surface area contributed by atoms with E-state index in [0.717, 1.165) is 78.3 Å². The van der Waals surface area contributed by atoms with Crippen molar-refractivity contribution in [1.29, 1.82) is 0 Å². The molecule has 5 nitrogen and oxygen atoms in total. The molecule has 1 aliphatic carbocycles. The highest BCUT2D eigenvalue weighted by molar-refractivity contribution is 5.80. The summed E-state index contributed by atoms with van der Waals surface area (Å²) in [4.78, 5) is 17.3. The van der Waals surface area contributed by atoms with Crippen molar-refractivity contribution in [2.45, 2.75) is 38.1 Å². The number of hydrogen-bond donors (Lipinski definition) is 0. The molecule has 0 radical (unpaired) electrons. The minimum atomic E-state index is 0.303. The number of ether oxygens (including phenoxy) is 2. The summed E-state index contributed by atoms with van der Waals surface area (Å²) in [5.74, 6) is 0.707. The zero-order valence-corrected chi connectivity index (χ0v) is 13.0. The molecule has 0 bridgehead atoms. The maximum atomic E-state index is 12.7. The fourth-order valence-electron chi connectivity index (χ4n) is 3.43. The molecule has 21 heavy (non-hydrogen) atoms. The predicted molar refractivity (Wildman–Crippen MR) is 80.2 cm³/mol. The first-order valence-corrected chi connectivity index (χ1v) is 8.53. The van der Waals surface area contributed by atoms with Crippen molar-refractivity contribution in [3.63, 3.8) is 0 Å². The summed E-state index contributed by atoms with van der Waals surface area (Å²) in [6.45, 7) is 7.12. The van der Waals surface area contributed by atoms with Gasteiger partial charge in [0.2, 0.25) is 5.91 Å². The highest BCUT2D eigenvalue weighted by Gasteiger charge is 2.33. The fraction of sp³-hybridized carbons (Fsp3) is 0.938. The Kier molecular flexibility index (Phi) is 5.49. The number of hydrogen-bond acceptors (Lipinski definition) is 4. The molecule has 2 heterocycles. The van der Waals surface area contributed by atoms with Crippen LogP contribution in [0.1, 0.15) is 32.1 Å². The maximum absolute atomic E-state index is 12.7. The number of carbonyl (C=O) groups is 1. The molecule has 0 unspecified atom stereocenters. The molecular formula is C16H28N2O3. The van der Waals surface area contributed by atoms with E-state index in [1.807, 2.05) is 0 Å². The van der Waals surface area contributed by atoms with Gasteiger partial charge in [-0.05, 0) is 25.7 Å². The average Bonchev–Trinajstić information content (AvgIpc) is 2.48.